The molecule has 0 aliphatic heterocycles. The second kappa shape index (κ2) is 15.4. The third-order valence-corrected chi connectivity index (χ3v) is 14.9. The molecule has 0 radical (unpaired) electrons. The largest absolute Gasteiger partial charge is 0.481 e. The van der Waals surface area contributed by atoms with E-state index in [2.05, 4.69) is 66.6 Å². The molecule has 0 spiro atoms. The van der Waals surface area contributed by atoms with E-state index < -0.39 is 43.3 Å². The molecule has 0 aromatic heterocycles. The van der Waals surface area contributed by atoms with Crippen LogP contribution in [0.15, 0.2) is 12.2 Å². The monoisotopic (exact) mass is 534 g/mol. The van der Waals surface area contributed by atoms with Gasteiger partial charge in [0.15, 0.2) is 8.32 Å². The normalized spacial score (nSPS) is 14.5. The molecule has 0 aromatic carbocycles. The molecule has 0 amide bonds. The van der Waals surface area contributed by atoms with Crippen LogP contribution in [0.25, 0.3) is 0 Å². The molecule has 0 saturated carbocycles. The smallest absolute Gasteiger partial charge is 0.333 e. The van der Waals surface area contributed by atoms with Crippen molar-refractivity contribution in [3.05, 3.63) is 12.2 Å². The minimum Gasteiger partial charge on any atom is -0.481 e. The lowest BCUT2D eigenvalue weighted by Crippen LogP contribution is -2.57. The fourth-order valence-corrected chi connectivity index (χ4v) is 14.2. The number of hydrogen-bond acceptors (Lipinski definition) is 6. The SMILES string of the molecule is C=C(CC(=O)O)C(=O)OCCCO[Si](C)(C)C(CC)O[Si](C)(C)C(CC)O[Si](C)(C)CCCC. The van der Waals surface area contributed by atoms with Crippen LogP contribution in [0.5, 0.6) is 0 Å². The maximum Gasteiger partial charge on any atom is 0.333 e. The van der Waals surface area contributed by atoms with E-state index in [1.54, 1.807) is 0 Å². The van der Waals surface area contributed by atoms with Crippen molar-refractivity contribution < 1.29 is 32.7 Å². The third-order valence-electron chi connectivity index (χ3n) is 5.98. The first-order chi connectivity index (χ1) is 15.6. The molecule has 7 nitrogen and oxygen atoms in total. The summed E-state index contributed by atoms with van der Waals surface area (Å²) >= 11 is 0. The second-order valence-electron chi connectivity index (χ2n) is 10.6. The standard InChI is InChI=1S/C24H50O7Si3/c1-11-14-18-32(5,6)30-22(12-2)34(9,10)31-23(13-3)33(7,8)29-17-15-16-28-24(27)20(4)19-21(25)26/h22-23H,4,11-19H2,1-3,5-10H3,(H,25,26). The fraction of sp³-hybridized carbons (Fsp3) is 0.833. The van der Waals surface area contributed by atoms with Gasteiger partial charge in [0.05, 0.1) is 24.5 Å². The molecule has 200 valence electrons. The van der Waals surface area contributed by atoms with Crippen LogP contribution in [0.4, 0.5) is 0 Å². The number of carboxylic acid groups (broad SMARTS) is 1. The van der Waals surface area contributed by atoms with Gasteiger partial charge in [-0.05, 0) is 58.2 Å². The summed E-state index contributed by atoms with van der Waals surface area (Å²) in [7, 11) is -6.03. The number of unbranched alkanes of at least 4 members (excludes halogenated alkanes) is 1. The van der Waals surface area contributed by atoms with Gasteiger partial charge in [0.25, 0.3) is 0 Å². The van der Waals surface area contributed by atoms with E-state index in [0.717, 1.165) is 12.8 Å². The first kappa shape index (κ1) is 33.2. The summed E-state index contributed by atoms with van der Waals surface area (Å²) in [6, 6.07) is 1.18. The molecule has 0 aliphatic carbocycles. The number of carbonyl (C=O) groups is 2. The molecular formula is C24H50O7Si3. The van der Waals surface area contributed by atoms with Crippen molar-refractivity contribution in [2.24, 2.45) is 0 Å². The van der Waals surface area contributed by atoms with Crippen molar-refractivity contribution in [1.82, 2.24) is 0 Å². The quantitative estimate of drug-likeness (QED) is 0.0933. The van der Waals surface area contributed by atoms with Crippen LogP contribution >= 0.6 is 0 Å². The molecule has 2 atom stereocenters. The predicted octanol–water partition coefficient (Wildman–Crippen LogP) is 6.05. The van der Waals surface area contributed by atoms with Crippen LogP contribution in [0.3, 0.4) is 0 Å². The lowest BCUT2D eigenvalue weighted by molar-refractivity contribution is -0.143. The Morgan fingerprint density at radius 3 is 1.91 bits per heavy atom. The van der Waals surface area contributed by atoms with Crippen LogP contribution in [0.2, 0.25) is 45.3 Å². The Morgan fingerprint density at radius 1 is 0.853 bits per heavy atom. The number of aliphatic carboxylic acids is 1. The van der Waals surface area contributed by atoms with Gasteiger partial charge < -0.3 is 23.1 Å². The topological polar surface area (TPSA) is 91.3 Å². The Bertz CT molecular complexity index is 650. The number of rotatable bonds is 19. The molecule has 0 aromatic rings. The summed E-state index contributed by atoms with van der Waals surface area (Å²) in [5.74, 6) is -1.77. The van der Waals surface area contributed by atoms with Gasteiger partial charge in [-0.3, -0.25) is 4.79 Å². The van der Waals surface area contributed by atoms with Gasteiger partial charge >= 0.3 is 11.9 Å². The molecule has 0 bridgehead atoms. The first-order valence-electron chi connectivity index (χ1n) is 12.7. The molecule has 1 N–H and O–H groups in total. The average Bonchev–Trinajstić information content (AvgIpc) is 2.73. The highest BCUT2D eigenvalue weighted by molar-refractivity contribution is 6.78. The van der Waals surface area contributed by atoms with E-state index in [4.69, 9.17) is 23.1 Å². The van der Waals surface area contributed by atoms with Gasteiger partial charge in [-0.2, -0.15) is 0 Å². The van der Waals surface area contributed by atoms with E-state index in [9.17, 15) is 9.59 Å². The molecule has 34 heavy (non-hydrogen) atoms. The highest BCUT2D eigenvalue weighted by Crippen LogP contribution is 2.29. The van der Waals surface area contributed by atoms with Crippen molar-refractivity contribution in [2.75, 3.05) is 13.2 Å². The molecule has 2 unspecified atom stereocenters. The Morgan fingerprint density at radius 2 is 1.41 bits per heavy atom. The number of esters is 1. The van der Waals surface area contributed by atoms with Crippen molar-refractivity contribution in [3.8, 4) is 0 Å². The van der Waals surface area contributed by atoms with Crippen LogP contribution < -0.4 is 0 Å². The zero-order valence-corrected chi connectivity index (χ0v) is 26.1. The molecule has 0 fully saturated rings. The van der Waals surface area contributed by atoms with Gasteiger partial charge in [0, 0.05) is 18.6 Å². The second-order valence-corrected chi connectivity index (χ2v) is 23.1. The summed E-state index contributed by atoms with van der Waals surface area (Å²) in [5, 5.41) is 8.73. The summed E-state index contributed by atoms with van der Waals surface area (Å²) < 4.78 is 25.0. The number of carboxylic acids is 1. The lowest BCUT2D eigenvalue weighted by Gasteiger charge is -2.42. The van der Waals surface area contributed by atoms with Gasteiger partial charge in [-0.15, -0.1) is 0 Å². The number of hydrogen-bond donors (Lipinski definition) is 1. The minimum atomic E-state index is -2.17. The van der Waals surface area contributed by atoms with Crippen LogP contribution in [-0.2, 0) is 27.6 Å². The van der Waals surface area contributed by atoms with Crippen LogP contribution in [0, 0.1) is 0 Å². The summed E-state index contributed by atoms with van der Waals surface area (Å²) in [4.78, 5) is 22.4. The van der Waals surface area contributed by atoms with Crippen LogP contribution in [-0.4, -0.2) is 66.7 Å². The Labute approximate surface area is 211 Å². The van der Waals surface area contributed by atoms with E-state index >= 15 is 0 Å². The number of carbonyl (C=O) groups excluding carboxylic acids is 1. The Kier molecular flexibility index (Phi) is 15.0. The third kappa shape index (κ3) is 12.8. The fourth-order valence-electron chi connectivity index (χ4n) is 3.93. The highest BCUT2D eigenvalue weighted by Gasteiger charge is 2.43. The maximum atomic E-state index is 11.8. The Hall–Kier alpha value is -0.789. The van der Waals surface area contributed by atoms with E-state index in [1.165, 1.54) is 18.9 Å². The van der Waals surface area contributed by atoms with Crippen LogP contribution in [0.1, 0.15) is 59.3 Å². The number of ether oxygens (including phenoxy) is 1. The predicted molar refractivity (Wildman–Crippen MR) is 145 cm³/mol. The van der Waals surface area contributed by atoms with Crippen molar-refractivity contribution >= 4 is 36.9 Å². The average molecular weight is 535 g/mol. The summed E-state index contributed by atoms with van der Waals surface area (Å²) in [5.41, 5.74) is 0.178. The highest BCUT2D eigenvalue weighted by atomic mass is 28.4. The van der Waals surface area contributed by atoms with Crippen molar-refractivity contribution in [3.63, 3.8) is 0 Å². The Balaban J connectivity index is 4.85. The maximum absolute atomic E-state index is 11.8. The van der Waals surface area contributed by atoms with Crippen molar-refractivity contribution in [2.45, 2.75) is 116 Å². The molecule has 10 heteroatoms. The zero-order valence-electron chi connectivity index (χ0n) is 23.1. The van der Waals surface area contributed by atoms with E-state index in [-0.39, 0.29) is 23.6 Å². The zero-order chi connectivity index (χ0) is 26.6. The van der Waals surface area contributed by atoms with Gasteiger partial charge in [0.1, 0.15) is 0 Å². The summed E-state index contributed by atoms with van der Waals surface area (Å²) in [6.45, 7) is 24.2. The van der Waals surface area contributed by atoms with Gasteiger partial charge in [-0.25, -0.2) is 4.79 Å². The lowest BCUT2D eigenvalue weighted by atomic mass is 10.2. The first-order valence-corrected chi connectivity index (χ1v) is 21.8. The minimum absolute atomic E-state index is 0.0524. The van der Waals surface area contributed by atoms with E-state index in [0.29, 0.717) is 13.0 Å². The molecular weight excluding hydrogens is 485 g/mol. The molecule has 0 heterocycles. The molecule has 0 aliphatic rings. The summed E-state index contributed by atoms with van der Waals surface area (Å²) in [6.07, 6.45) is 4.38. The molecule has 0 rings (SSSR count). The van der Waals surface area contributed by atoms with E-state index in [1.807, 2.05) is 0 Å². The van der Waals surface area contributed by atoms with Gasteiger partial charge in [-0.1, -0.05) is 40.2 Å². The van der Waals surface area contributed by atoms with Crippen molar-refractivity contribution in [1.29, 1.82) is 0 Å². The van der Waals surface area contributed by atoms with Gasteiger partial charge in [0.2, 0.25) is 16.6 Å². The molecule has 0 saturated heterocycles.